The molecule has 5 heteroatoms. The normalized spacial score (nSPS) is 18.2. The van der Waals surface area contributed by atoms with Crippen LogP contribution < -0.4 is 5.48 Å². The number of nitrogens with one attached hydrogen (secondary N) is 1. The standard InChI is InChI=1S/C12H19NO4/c1-3-11(14)16-9(2)17-13-12(15)10-7-5-4-6-8-10/h3,9-10H,1,4-8H2,2H3,(H,13,15). The van der Waals surface area contributed by atoms with E-state index in [0.717, 1.165) is 31.8 Å². The van der Waals surface area contributed by atoms with Crippen LogP contribution in [0, 0.1) is 5.92 Å². The Bertz CT molecular complexity index is 284. The molecule has 1 aliphatic rings. The van der Waals surface area contributed by atoms with E-state index in [9.17, 15) is 9.59 Å². The zero-order valence-electron chi connectivity index (χ0n) is 10.1. The summed E-state index contributed by atoms with van der Waals surface area (Å²) < 4.78 is 4.74. The first-order valence-electron chi connectivity index (χ1n) is 5.92. The molecule has 1 aliphatic carbocycles. The molecule has 1 N–H and O–H groups in total. The van der Waals surface area contributed by atoms with Gasteiger partial charge in [-0.15, -0.1) is 0 Å². The van der Waals surface area contributed by atoms with Crippen LogP contribution in [0.1, 0.15) is 39.0 Å². The first-order valence-corrected chi connectivity index (χ1v) is 5.92. The Morgan fingerprint density at radius 3 is 2.59 bits per heavy atom. The van der Waals surface area contributed by atoms with Gasteiger partial charge >= 0.3 is 5.97 Å². The van der Waals surface area contributed by atoms with Crippen LogP contribution in [0.5, 0.6) is 0 Å². The van der Waals surface area contributed by atoms with Crippen LogP contribution in [-0.4, -0.2) is 18.2 Å². The quantitative estimate of drug-likeness (QED) is 0.344. The maximum Gasteiger partial charge on any atom is 0.332 e. The maximum atomic E-state index is 11.7. The molecule has 1 saturated carbocycles. The molecular formula is C12H19NO4. The first-order chi connectivity index (χ1) is 8.13. The molecule has 5 nitrogen and oxygen atoms in total. The fourth-order valence-corrected chi connectivity index (χ4v) is 1.82. The smallest absolute Gasteiger partial charge is 0.332 e. The van der Waals surface area contributed by atoms with Crippen molar-refractivity contribution in [3.8, 4) is 0 Å². The summed E-state index contributed by atoms with van der Waals surface area (Å²) >= 11 is 0. The first kappa shape index (κ1) is 13.7. The van der Waals surface area contributed by atoms with Gasteiger partial charge in [-0.2, -0.15) is 0 Å². The molecule has 0 heterocycles. The molecule has 0 radical (unpaired) electrons. The molecule has 96 valence electrons. The number of hydrogen-bond acceptors (Lipinski definition) is 4. The van der Waals surface area contributed by atoms with Gasteiger partial charge in [0.1, 0.15) is 0 Å². The molecular weight excluding hydrogens is 222 g/mol. The predicted octanol–water partition coefficient (Wildman–Crippen LogP) is 1.69. The zero-order valence-corrected chi connectivity index (χ0v) is 10.1. The Labute approximate surface area is 101 Å². The number of rotatable bonds is 5. The van der Waals surface area contributed by atoms with Gasteiger partial charge in [-0.3, -0.25) is 4.79 Å². The van der Waals surface area contributed by atoms with Gasteiger partial charge in [0.15, 0.2) is 0 Å². The van der Waals surface area contributed by atoms with Gasteiger partial charge in [-0.1, -0.05) is 25.8 Å². The van der Waals surface area contributed by atoms with Crippen molar-refractivity contribution in [1.82, 2.24) is 5.48 Å². The number of carbonyl (C=O) groups is 2. The van der Waals surface area contributed by atoms with Crippen LogP contribution in [0.25, 0.3) is 0 Å². The largest absolute Gasteiger partial charge is 0.431 e. The zero-order chi connectivity index (χ0) is 12.7. The third kappa shape index (κ3) is 4.99. The minimum Gasteiger partial charge on any atom is -0.431 e. The summed E-state index contributed by atoms with van der Waals surface area (Å²) in [7, 11) is 0. The second kappa shape index (κ2) is 7.06. The fraction of sp³-hybridized carbons (Fsp3) is 0.667. The van der Waals surface area contributed by atoms with Gasteiger partial charge in [0, 0.05) is 18.9 Å². The number of hydrogen-bond donors (Lipinski definition) is 1. The summed E-state index contributed by atoms with van der Waals surface area (Å²) in [5.74, 6) is -0.693. The van der Waals surface area contributed by atoms with E-state index < -0.39 is 12.3 Å². The molecule has 0 bridgehead atoms. The molecule has 1 unspecified atom stereocenters. The summed E-state index contributed by atoms with van der Waals surface area (Å²) in [6.07, 6.45) is 5.39. The average molecular weight is 241 g/mol. The molecule has 0 aromatic rings. The van der Waals surface area contributed by atoms with E-state index in [4.69, 9.17) is 9.57 Å². The van der Waals surface area contributed by atoms with Crippen molar-refractivity contribution in [3.63, 3.8) is 0 Å². The van der Waals surface area contributed by atoms with Crippen molar-refractivity contribution in [2.75, 3.05) is 0 Å². The van der Waals surface area contributed by atoms with Crippen molar-refractivity contribution in [2.45, 2.75) is 45.3 Å². The highest BCUT2D eigenvalue weighted by Gasteiger charge is 2.21. The molecule has 1 fully saturated rings. The van der Waals surface area contributed by atoms with Crippen LogP contribution in [0.2, 0.25) is 0 Å². The second-order valence-corrected chi connectivity index (χ2v) is 4.13. The molecule has 0 saturated heterocycles. The van der Waals surface area contributed by atoms with Gasteiger partial charge in [0.05, 0.1) is 0 Å². The van der Waals surface area contributed by atoms with Gasteiger partial charge in [0.25, 0.3) is 0 Å². The van der Waals surface area contributed by atoms with Gasteiger partial charge in [-0.05, 0) is 12.8 Å². The number of ether oxygens (including phenoxy) is 1. The van der Waals surface area contributed by atoms with Crippen LogP contribution in [0.15, 0.2) is 12.7 Å². The van der Waals surface area contributed by atoms with Crippen LogP contribution >= 0.6 is 0 Å². The summed E-state index contributed by atoms with van der Waals surface area (Å²) in [4.78, 5) is 27.4. The van der Waals surface area contributed by atoms with Gasteiger partial charge in [-0.25, -0.2) is 15.1 Å². The van der Waals surface area contributed by atoms with Crippen molar-refractivity contribution in [2.24, 2.45) is 5.92 Å². The number of carbonyl (C=O) groups excluding carboxylic acids is 2. The fourth-order valence-electron chi connectivity index (χ4n) is 1.82. The third-order valence-electron chi connectivity index (χ3n) is 2.75. The van der Waals surface area contributed by atoms with Crippen LogP contribution in [-0.2, 0) is 19.2 Å². The van der Waals surface area contributed by atoms with Crippen molar-refractivity contribution in [3.05, 3.63) is 12.7 Å². The molecule has 1 amide bonds. The molecule has 1 rings (SSSR count). The Hall–Kier alpha value is -1.36. The summed E-state index contributed by atoms with van der Waals surface area (Å²) in [6, 6.07) is 0. The maximum absolute atomic E-state index is 11.7. The molecule has 0 spiro atoms. The molecule has 0 aromatic heterocycles. The summed E-state index contributed by atoms with van der Waals surface area (Å²) in [5.41, 5.74) is 2.33. The van der Waals surface area contributed by atoms with E-state index in [1.54, 1.807) is 0 Å². The van der Waals surface area contributed by atoms with E-state index in [1.165, 1.54) is 13.3 Å². The number of amides is 1. The SMILES string of the molecule is C=CC(=O)OC(C)ONC(=O)C1CCCCC1. The van der Waals surface area contributed by atoms with Gasteiger partial charge < -0.3 is 4.74 Å². The predicted molar refractivity (Wildman–Crippen MR) is 61.6 cm³/mol. The molecule has 0 aromatic carbocycles. The molecule has 0 aliphatic heterocycles. The Kier molecular flexibility index (Phi) is 5.69. The second-order valence-electron chi connectivity index (χ2n) is 4.13. The monoisotopic (exact) mass is 241 g/mol. The van der Waals surface area contributed by atoms with Gasteiger partial charge in [0.2, 0.25) is 12.2 Å². The average Bonchev–Trinajstić information content (AvgIpc) is 2.36. The number of hydroxylamine groups is 1. The van der Waals surface area contributed by atoms with E-state index in [0.29, 0.717) is 0 Å². The highest BCUT2D eigenvalue weighted by Crippen LogP contribution is 2.23. The van der Waals surface area contributed by atoms with E-state index in [1.807, 2.05) is 0 Å². The van der Waals surface area contributed by atoms with Crippen molar-refractivity contribution in [1.29, 1.82) is 0 Å². The lowest BCUT2D eigenvalue weighted by atomic mass is 9.89. The summed E-state index contributed by atoms with van der Waals surface area (Å²) in [6.45, 7) is 4.80. The van der Waals surface area contributed by atoms with E-state index in [2.05, 4.69) is 12.1 Å². The summed E-state index contributed by atoms with van der Waals surface area (Å²) in [5, 5.41) is 0. The van der Waals surface area contributed by atoms with E-state index in [-0.39, 0.29) is 11.8 Å². The Morgan fingerprint density at radius 1 is 1.35 bits per heavy atom. The number of esters is 1. The topological polar surface area (TPSA) is 64.6 Å². The highest BCUT2D eigenvalue weighted by molar-refractivity contribution is 5.81. The lowest BCUT2D eigenvalue weighted by Crippen LogP contribution is -2.35. The highest BCUT2D eigenvalue weighted by atomic mass is 16.8. The minimum atomic E-state index is -0.812. The Balaban J connectivity index is 2.22. The van der Waals surface area contributed by atoms with E-state index >= 15 is 0 Å². The molecule has 17 heavy (non-hydrogen) atoms. The lowest BCUT2D eigenvalue weighted by molar-refractivity contribution is -0.190. The van der Waals surface area contributed by atoms with Crippen LogP contribution in [0.3, 0.4) is 0 Å². The molecule has 1 atom stereocenters. The van der Waals surface area contributed by atoms with Crippen LogP contribution in [0.4, 0.5) is 0 Å². The van der Waals surface area contributed by atoms with Crippen molar-refractivity contribution < 1.29 is 19.2 Å². The minimum absolute atomic E-state index is 0.0195. The lowest BCUT2D eigenvalue weighted by Gasteiger charge is -2.21. The Morgan fingerprint density at radius 2 is 2.00 bits per heavy atom. The van der Waals surface area contributed by atoms with Crippen molar-refractivity contribution >= 4 is 11.9 Å². The third-order valence-corrected chi connectivity index (χ3v) is 2.75.